The summed E-state index contributed by atoms with van der Waals surface area (Å²) in [6, 6.07) is 20.7. The van der Waals surface area contributed by atoms with Gasteiger partial charge in [0.05, 0.1) is 0 Å². The van der Waals surface area contributed by atoms with Crippen molar-refractivity contribution in [3.8, 4) is 5.75 Å². The summed E-state index contributed by atoms with van der Waals surface area (Å²) in [7, 11) is 0. The Kier molecular flexibility index (Phi) is 7.78. The minimum Gasteiger partial charge on any atom is -0.427 e. The number of hydrogen-bond donors (Lipinski definition) is 2. The van der Waals surface area contributed by atoms with Crippen LogP contribution in [0.1, 0.15) is 28.4 Å². The number of benzene rings is 3. The largest absolute Gasteiger partial charge is 0.427 e. The van der Waals surface area contributed by atoms with Crippen LogP contribution in [0.3, 0.4) is 0 Å². The van der Waals surface area contributed by atoms with Crippen molar-refractivity contribution < 1.29 is 19.1 Å². The lowest BCUT2D eigenvalue weighted by atomic mass is 10.1. The first-order valence-electron chi connectivity index (χ1n) is 9.80. The Bertz CT molecular complexity index is 1170. The number of para-hydroxylation sites is 1. The molecule has 0 spiro atoms. The van der Waals surface area contributed by atoms with Crippen molar-refractivity contribution >= 4 is 41.1 Å². The molecule has 2 amide bonds. The third-order valence-corrected chi connectivity index (χ3v) is 4.58. The number of hydrogen-bond acceptors (Lipinski definition) is 4. The maximum atomic E-state index is 12.5. The van der Waals surface area contributed by atoms with E-state index in [1.165, 1.54) is 19.1 Å². The zero-order valence-electron chi connectivity index (χ0n) is 17.3. The van der Waals surface area contributed by atoms with Crippen LogP contribution in [0.25, 0.3) is 6.08 Å². The molecule has 162 valence electrons. The van der Waals surface area contributed by atoms with Crippen LogP contribution in [0.5, 0.6) is 5.75 Å². The molecule has 0 radical (unpaired) electrons. The van der Waals surface area contributed by atoms with Crippen LogP contribution in [-0.4, -0.2) is 17.8 Å². The van der Waals surface area contributed by atoms with Crippen molar-refractivity contribution in [2.24, 2.45) is 0 Å². The van der Waals surface area contributed by atoms with Crippen LogP contribution < -0.4 is 15.4 Å². The lowest BCUT2D eigenvalue weighted by molar-refractivity contribution is -0.131. The Morgan fingerprint density at radius 2 is 1.75 bits per heavy atom. The van der Waals surface area contributed by atoms with Gasteiger partial charge in [-0.3, -0.25) is 14.4 Å². The van der Waals surface area contributed by atoms with Crippen molar-refractivity contribution in [2.45, 2.75) is 13.5 Å². The van der Waals surface area contributed by atoms with Crippen molar-refractivity contribution in [1.29, 1.82) is 0 Å². The molecule has 3 aromatic carbocycles. The highest BCUT2D eigenvalue weighted by molar-refractivity contribution is 6.30. The second-order valence-corrected chi connectivity index (χ2v) is 7.28. The number of esters is 1. The first-order chi connectivity index (χ1) is 15.4. The zero-order valence-corrected chi connectivity index (χ0v) is 18.1. The number of halogens is 1. The Morgan fingerprint density at radius 3 is 2.53 bits per heavy atom. The monoisotopic (exact) mass is 448 g/mol. The van der Waals surface area contributed by atoms with E-state index < -0.39 is 5.97 Å². The number of anilines is 1. The molecule has 2 N–H and O–H groups in total. The lowest BCUT2D eigenvalue weighted by Gasteiger charge is -2.11. The summed E-state index contributed by atoms with van der Waals surface area (Å²) in [5.41, 5.74) is 2.49. The maximum absolute atomic E-state index is 12.5. The van der Waals surface area contributed by atoms with E-state index in [-0.39, 0.29) is 18.4 Å². The number of ether oxygens (including phenoxy) is 1. The van der Waals surface area contributed by atoms with Gasteiger partial charge in [-0.15, -0.1) is 0 Å². The lowest BCUT2D eigenvalue weighted by Crippen LogP contribution is -2.23. The van der Waals surface area contributed by atoms with Crippen LogP contribution in [0, 0.1) is 0 Å². The molecule has 0 atom stereocenters. The van der Waals surface area contributed by atoms with Crippen LogP contribution in [0.15, 0.2) is 78.9 Å². The van der Waals surface area contributed by atoms with E-state index in [1.807, 2.05) is 18.2 Å². The highest BCUT2D eigenvalue weighted by atomic mass is 35.5. The van der Waals surface area contributed by atoms with E-state index in [2.05, 4.69) is 10.6 Å². The first-order valence-corrected chi connectivity index (χ1v) is 10.2. The smallest absolute Gasteiger partial charge is 0.308 e. The number of nitrogens with one attached hydrogen (secondary N) is 2. The Hall–Kier alpha value is -3.90. The van der Waals surface area contributed by atoms with Crippen molar-refractivity contribution in [1.82, 2.24) is 5.32 Å². The van der Waals surface area contributed by atoms with E-state index >= 15 is 0 Å². The SMILES string of the molecule is CC(=O)Oc1cccc(C(=O)NCc2ccccc2NC(=O)/C=C/c2cccc(Cl)c2)c1. The fourth-order valence-electron chi connectivity index (χ4n) is 2.90. The van der Waals surface area contributed by atoms with Crippen LogP contribution in [0.2, 0.25) is 5.02 Å². The molecule has 0 aromatic heterocycles. The van der Waals surface area contributed by atoms with Gasteiger partial charge < -0.3 is 15.4 Å². The van der Waals surface area contributed by atoms with Gasteiger partial charge in [0.1, 0.15) is 5.75 Å². The van der Waals surface area contributed by atoms with E-state index in [4.69, 9.17) is 16.3 Å². The highest BCUT2D eigenvalue weighted by Crippen LogP contribution is 2.17. The topological polar surface area (TPSA) is 84.5 Å². The molecule has 0 aliphatic rings. The summed E-state index contributed by atoms with van der Waals surface area (Å²) in [4.78, 5) is 36.0. The molecule has 6 nitrogen and oxygen atoms in total. The van der Waals surface area contributed by atoms with Crippen LogP contribution >= 0.6 is 11.6 Å². The number of carbonyl (C=O) groups excluding carboxylic acids is 3. The number of amides is 2. The Labute approximate surface area is 190 Å². The molecule has 32 heavy (non-hydrogen) atoms. The first kappa shape index (κ1) is 22.8. The molecule has 3 aromatic rings. The molecule has 0 fully saturated rings. The molecule has 0 bridgehead atoms. The summed E-state index contributed by atoms with van der Waals surface area (Å²) in [6.45, 7) is 1.49. The van der Waals surface area contributed by atoms with Crippen LogP contribution in [0.4, 0.5) is 5.69 Å². The zero-order chi connectivity index (χ0) is 22.9. The second-order valence-electron chi connectivity index (χ2n) is 6.84. The van der Waals surface area contributed by atoms with E-state index in [0.717, 1.165) is 11.1 Å². The normalized spacial score (nSPS) is 10.6. The van der Waals surface area contributed by atoms with Crippen molar-refractivity contribution in [2.75, 3.05) is 5.32 Å². The summed E-state index contributed by atoms with van der Waals surface area (Å²) in [6.07, 6.45) is 3.09. The fraction of sp³-hybridized carbons (Fsp3) is 0.0800. The molecule has 7 heteroatoms. The van der Waals surface area contributed by atoms with E-state index in [0.29, 0.717) is 22.0 Å². The molecule has 0 saturated heterocycles. The summed E-state index contributed by atoms with van der Waals surface area (Å²) < 4.78 is 5.01. The average Bonchev–Trinajstić information content (AvgIpc) is 2.77. The quantitative estimate of drug-likeness (QED) is 0.307. The molecule has 0 aliphatic heterocycles. The van der Waals surface area contributed by atoms with Gasteiger partial charge in [0, 0.05) is 35.8 Å². The number of rotatable bonds is 7. The van der Waals surface area contributed by atoms with Crippen molar-refractivity contribution in [3.63, 3.8) is 0 Å². The number of carbonyl (C=O) groups is 3. The fourth-order valence-corrected chi connectivity index (χ4v) is 3.10. The average molecular weight is 449 g/mol. The van der Waals surface area contributed by atoms with Gasteiger partial charge in [-0.1, -0.05) is 48.0 Å². The van der Waals surface area contributed by atoms with Crippen LogP contribution in [-0.2, 0) is 16.1 Å². The van der Waals surface area contributed by atoms with Gasteiger partial charge >= 0.3 is 5.97 Å². The molecular formula is C25H21ClN2O4. The predicted molar refractivity (Wildman–Crippen MR) is 124 cm³/mol. The molecule has 0 unspecified atom stereocenters. The van der Waals surface area contributed by atoms with Gasteiger partial charge in [-0.25, -0.2) is 0 Å². The van der Waals surface area contributed by atoms with Gasteiger partial charge in [-0.2, -0.15) is 0 Å². The standard InChI is InChI=1S/C25H21ClN2O4/c1-17(29)32-22-10-5-8-19(15-22)25(31)27-16-20-7-2-3-11-23(20)28-24(30)13-12-18-6-4-9-21(26)14-18/h2-15H,16H2,1H3,(H,27,31)(H,28,30)/b13-12+. The van der Waals surface area contributed by atoms with E-state index in [9.17, 15) is 14.4 Å². The Morgan fingerprint density at radius 1 is 0.969 bits per heavy atom. The highest BCUT2D eigenvalue weighted by Gasteiger charge is 2.10. The molecule has 3 rings (SSSR count). The minimum atomic E-state index is -0.461. The molecular weight excluding hydrogens is 428 g/mol. The van der Waals surface area contributed by atoms with Gasteiger partial charge in [0.15, 0.2) is 0 Å². The predicted octanol–water partition coefficient (Wildman–Crippen LogP) is 4.85. The summed E-state index contributed by atoms with van der Waals surface area (Å²) in [5.74, 6) is -0.806. The minimum absolute atomic E-state index is 0.199. The maximum Gasteiger partial charge on any atom is 0.308 e. The van der Waals surface area contributed by atoms with E-state index in [1.54, 1.807) is 54.6 Å². The summed E-state index contributed by atoms with van der Waals surface area (Å²) in [5, 5.41) is 6.22. The van der Waals surface area contributed by atoms with Gasteiger partial charge in [0.2, 0.25) is 5.91 Å². The summed E-state index contributed by atoms with van der Waals surface area (Å²) >= 11 is 5.96. The third kappa shape index (κ3) is 6.82. The third-order valence-electron chi connectivity index (χ3n) is 4.35. The van der Waals surface area contributed by atoms with Gasteiger partial charge in [0.25, 0.3) is 5.91 Å². The Balaban J connectivity index is 1.63. The molecule has 0 heterocycles. The van der Waals surface area contributed by atoms with Crippen molar-refractivity contribution in [3.05, 3.63) is 101 Å². The molecule has 0 aliphatic carbocycles. The molecule has 0 saturated carbocycles. The van der Waals surface area contributed by atoms with Gasteiger partial charge in [-0.05, 0) is 53.6 Å². The second kappa shape index (κ2) is 10.9.